The van der Waals surface area contributed by atoms with Gasteiger partial charge in [-0.3, -0.25) is 14.5 Å². The van der Waals surface area contributed by atoms with Gasteiger partial charge in [-0.05, 0) is 26.9 Å². The summed E-state index contributed by atoms with van der Waals surface area (Å²) in [6.07, 6.45) is 0. The van der Waals surface area contributed by atoms with Crippen LogP contribution in [0.25, 0.3) is 0 Å². The van der Waals surface area contributed by atoms with E-state index in [4.69, 9.17) is 21.1 Å². The Hall–Kier alpha value is -0.990. The molecule has 2 aliphatic heterocycles. The molecule has 0 spiro atoms. The number of carbonyl (C=O) groups excluding carboxylic acids is 3. The van der Waals surface area contributed by atoms with Crippen LogP contribution in [-0.4, -0.2) is 76.1 Å². The van der Waals surface area contributed by atoms with Crippen molar-refractivity contribution in [3.63, 3.8) is 0 Å². The second kappa shape index (κ2) is 8.14. The number of rotatable bonds is 8. The molecule has 9 heteroatoms. The molecule has 0 aromatic carbocycles. The van der Waals surface area contributed by atoms with Crippen LogP contribution in [-0.2, 0) is 23.9 Å². The maximum absolute atomic E-state index is 12.5. The Morgan fingerprint density at radius 1 is 1.28 bits per heavy atom. The highest BCUT2D eigenvalue weighted by molar-refractivity contribution is 8.01. The highest BCUT2D eigenvalue weighted by Gasteiger charge is 2.64. The van der Waals surface area contributed by atoms with E-state index in [0.29, 0.717) is 0 Å². The fourth-order valence-corrected chi connectivity index (χ4v) is 4.98. The van der Waals surface area contributed by atoms with Crippen molar-refractivity contribution >= 4 is 41.2 Å². The standard InChI is InChI=1S/C16H25ClN2O5S/c1-5-18(6-2)7-11(20)23-8-10-13(21)19-12(15(22)24-9-17)16(3,4)25-14(10)19/h10,12,14H,5-9H2,1-4H3/t10-,12-,14+/m0/s1. The smallest absolute Gasteiger partial charge is 0.331 e. The molecule has 0 saturated carbocycles. The average molecular weight is 393 g/mol. The summed E-state index contributed by atoms with van der Waals surface area (Å²) in [4.78, 5) is 40.0. The first-order valence-corrected chi connectivity index (χ1v) is 9.78. The summed E-state index contributed by atoms with van der Waals surface area (Å²) < 4.78 is 9.70. The van der Waals surface area contributed by atoms with E-state index in [1.165, 1.54) is 16.7 Å². The van der Waals surface area contributed by atoms with Gasteiger partial charge in [-0.1, -0.05) is 25.4 Å². The van der Waals surface area contributed by atoms with Gasteiger partial charge in [0.15, 0.2) is 6.07 Å². The molecular weight excluding hydrogens is 368 g/mol. The topological polar surface area (TPSA) is 76.2 Å². The van der Waals surface area contributed by atoms with E-state index < -0.39 is 22.7 Å². The number of β-lactam (4-membered cyclic amide) rings is 1. The van der Waals surface area contributed by atoms with E-state index in [9.17, 15) is 14.4 Å². The third-order valence-corrected chi connectivity index (χ3v) is 6.38. The molecular formula is C16H25ClN2O5S. The molecule has 2 rings (SSSR count). The van der Waals surface area contributed by atoms with Crippen molar-refractivity contribution in [1.29, 1.82) is 0 Å². The van der Waals surface area contributed by atoms with Crippen LogP contribution in [0.5, 0.6) is 0 Å². The molecule has 0 N–H and O–H groups in total. The first-order chi connectivity index (χ1) is 11.8. The number of ether oxygens (including phenoxy) is 2. The summed E-state index contributed by atoms with van der Waals surface area (Å²) in [5.74, 6) is -1.44. The Morgan fingerprint density at radius 2 is 1.92 bits per heavy atom. The van der Waals surface area contributed by atoms with Crippen LogP contribution in [0.1, 0.15) is 27.7 Å². The van der Waals surface area contributed by atoms with Crippen LogP contribution in [0, 0.1) is 5.92 Å². The molecule has 142 valence electrons. The summed E-state index contributed by atoms with van der Waals surface area (Å²) >= 11 is 7.00. The number of halogens is 1. The van der Waals surface area contributed by atoms with Crippen molar-refractivity contribution < 1.29 is 23.9 Å². The minimum absolute atomic E-state index is 0.0421. The zero-order valence-corrected chi connectivity index (χ0v) is 16.6. The number of likely N-dealkylation sites (N-methyl/N-ethyl adjacent to an activating group) is 1. The molecule has 0 aliphatic carbocycles. The summed E-state index contributed by atoms with van der Waals surface area (Å²) in [6.45, 7) is 9.52. The van der Waals surface area contributed by atoms with Crippen LogP contribution in [0.2, 0.25) is 0 Å². The molecule has 0 bridgehead atoms. The number of hydrogen-bond acceptors (Lipinski definition) is 7. The quantitative estimate of drug-likeness (QED) is 0.350. The molecule has 0 aromatic heterocycles. The lowest BCUT2D eigenvalue weighted by Crippen LogP contribution is -2.64. The average Bonchev–Trinajstić information content (AvgIpc) is 2.81. The Morgan fingerprint density at radius 3 is 2.48 bits per heavy atom. The summed E-state index contributed by atoms with van der Waals surface area (Å²) in [6, 6.07) is -0.911. The molecule has 0 unspecified atom stereocenters. The lowest BCUT2D eigenvalue weighted by Gasteiger charge is -2.43. The zero-order valence-electron chi connectivity index (χ0n) is 15.0. The predicted molar refractivity (Wildman–Crippen MR) is 95.1 cm³/mol. The maximum atomic E-state index is 12.5. The molecule has 3 atom stereocenters. The molecule has 0 radical (unpaired) electrons. The van der Waals surface area contributed by atoms with Crippen molar-refractivity contribution in [3.05, 3.63) is 0 Å². The van der Waals surface area contributed by atoms with Gasteiger partial charge in [-0.15, -0.1) is 11.8 Å². The number of nitrogens with zero attached hydrogens (tertiary/aromatic N) is 2. The van der Waals surface area contributed by atoms with Crippen LogP contribution in [0.3, 0.4) is 0 Å². The maximum Gasteiger partial charge on any atom is 0.331 e. The van der Waals surface area contributed by atoms with E-state index in [-0.39, 0.29) is 36.5 Å². The minimum Gasteiger partial charge on any atom is -0.464 e. The first-order valence-electron chi connectivity index (χ1n) is 8.37. The van der Waals surface area contributed by atoms with Gasteiger partial charge in [0.05, 0.1) is 11.9 Å². The third kappa shape index (κ3) is 4.06. The van der Waals surface area contributed by atoms with Gasteiger partial charge in [0.1, 0.15) is 18.6 Å². The summed E-state index contributed by atoms with van der Waals surface area (Å²) in [5.41, 5.74) is 0. The number of hydrogen-bond donors (Lipinski definition) is 0. The van der Waals surface area contributed by atoms with E-state index >= 15 is 0 Å². The van der Waals surface area contributed by atoms with Crippen LogP contribution < -0.4 is 0 Å². The molecule has 7 nitrogen and oxygen atoms in total. The van der Waals surface area contributed by atoms with E-state index in [0.717, 1.165) is 13.1 Å². The number of fused-ring (bicyclic) bond motifs is 1. The van der Waals surface area contributed by atoms with Crippen molar-refractivity contribution in [2.24, 2.45) is 5.92 Å². The van der Waals surface area contributed by atoms with Crippen LogP contribution >= 0.6 is 23.4 Å². The normalized spacial score (nSPS) is 27.0. The monoisotopic (exact) mass is 392 g/mol. The van der Waals surface area contributed by atoms with E-state index in [2.05, 4.69) is 0 Å². The largest absolute Gasteiger partial charge is 0.464 e. The highest BCUT2D eigenvalue weighted by Crippen LogP contribution is 2.53. The van der Waals surface area contributed by atoms with E-state index in [1.54, 1.807) is 0 Å². The molecule has 1 amide bonds. The van der Waals surface area contributed by atoms with Gasteiger partial charge in [-0.25, -0.2) is 4.79 Å². The Labute approximate surface area is 157 Å². The van der Waals surface area contributed by atoms with Crippen LogP contribution in [0.15, 0.2) is 0 Å². The van der Waals surface area contributed by atoms with E-state index in [1.807, 2.05) is 32.6 Å². The van der Waals surface area contributed by atoms with Crippen LogP contribution in [0.4, 0.5) is 0 Å². The predicted octanol–water partition coefficient (Wildman–Crippen LogP) is 1.29. The minimum atomic E-state index is -0.670. The SMILES string of the molecule is CCN(CC)CC(=O)OC[C@H]1C(=O)N2[C@@H]1SC(C)(C)[C@@H]2C(=O)OCCl. The van der Waals surface area contributed by atoms with Crippen molar-refractivity contribution in [2.45, 2.75) is 43.9 Å². The molecule has 2 saturated heterocycles. The second-order valence-electron chi connectivity index (χ2n) is 6.58. The first kappa shape index (κ1) is 20.3. The summed E-state index contributed by atoms with van der Waals surface area (Å²) in [7, 11) is 0. The second-order valence-corrected chi connectivity index (χ2v) is 8.57. The molecule has 2 fully saturated rings. The van der Waals surface area contributed by atoms with Gasteiger partial charge in [0.25, 0.3) is 0 Å². The zero-order chi connectivity index (χ0) is 18.8. The lowest BCUT2D eigenvalue weighted by molar-refractivity contribution is -0.170. The number of thioether (sulfide) groups is 1. The number of carbonyl (C=O) groups is 3. The van der Waals surface area contributed by atoms with Gasteiger partial charge >= 0.3 is 11.9 Å². The van der Waals surface area contributed by atoms with Crippen molar-refractivity contribution in [1.82, 2.24) is 9.80 Å². The van der Waals surface area contributed by atoms with Gasteiger partial charge in [0.2, 0.25) is 5.91 Å². The summed E-state index contributed by atoms with van der Waals surface area (Å²) in [5, 5.41) is -0.184. The van der Waals surface area contributed by atoms with Gasteiger partial charge in [0, 0.05) is 4.75 Å². The fraction of sp³-hybridized carbons (Fsp3) is 0.812. The Balaban J connectivity index is 1.94. The molecule has 2 aliphatic rings. The van der Waals surface area contributed by atoms with Gasteiger partial charge < -0.3 is 14.4 Å². The molecule has 2 heterocycles. The number of amides is 1. The van der Waals surface area contributed by atoms with Gasteiger partial charge in [-0.2, -0.15) is 0 Å². The highest BCUT2D eigenvalue weighted by atomic mass is 35.5. The third-order valence-electron chi connectivity index (χ3n) is 4.64. The molecule has 25 heavy (non-hydrogen) atoms. The molecule has 0 aromatic rings. The Kier molecular flexibility index (Phi) is 6.62. The Bertz CT molecular complexity index is 541. The van der Waals surface area contributed by atoms with Crippen molar-refractivity contribution in [2.75, 3.05) is 32.3 Å². The number of alkyl halides is 1. The number of esters is 2. The van der Waals surface area contributed by atoms with Crippen molar-refractivity contribution in [3.8, 4) is 0 Å². The lowest BCUT2D eigenvalue weighted by atomic mass is 9.92. The fourth-order valence-electron chi connectivity index (χ4n) is 3.22.